The van der Waals surface area contributed by atoms with Gasteiger partial charge in [0.25, 0.3) is 0 Å². The summed E-state index contributed by atoms with van der Waals surface area (Å²) < 4.78 is 5.75. The van der Waals surface area contributed by atoms with Crippen LogP contribution in [0.3, 0.4) is 0 Å². The molecule has 3 rings (SSSR count). The van der Waals surface area contributed by atoms with E-state index in [4.69, 9.17) is 9.84 Å². The van der Waals surface area contributed by atoms with E-state index in [0.29, 0.717) is 28.9 Å². The lowest BCUT2D eigenvalue weighted by Crippen LogP contribution is -2.52. The molecular weight excluding hydrogens is 441 g/mol. The summed E-state index contributed by atoms with van der Waals surface area (Å²) in [4.78, 5) is 14.0. The molecule has 0 bridgehead atoms. The minimum Gasteiger partial charge on any atom is -0.465 e. The van der Waals surface area contributed by atoms with E-state index in [1.54, 1.807) is 5.01 Å². The Hall–Kier alpha value is -2.52. The summed E-state index contributed by atoms with van der Waals surface area (Å²) in [6.07, 6.45) is 0.571. The Morgan fingerprint density at radius 2 is 1.44 bits per heavy atom. The maximum Gasteiger partial charge on any atom is 0.329 e. The van der Waals surface area contributed by atoms with Gasteiger partial charge in [0.2, 0.25) is 5.41 Å². The number of amidine groups is 1. The largest absolute Gasteiger partial charge is 0.465 e. The number of nitrogens with zero attached hydrogens (tertiary/aromatic N) is 2. The summed E-state index contributed by atoms with van der Waals surface area (Å²) in [5.41, 5.74) is 2.17. The van der Waals surface area contributed by atoms with Gasteiger partial charge in [0, 0.05) is 7.26 Å². The molecule has 1 unspecified atom stereocenters. The minimum atomic E-state index is -1.77. The lowest BCUT2D eigenvalue weighted by Gasteiger charge is -2.43. The Bertz CT molecular complexity index is 1010. The van der Waals surface area contributed by atoms with Gasteiger partial charge in [-0.1, -0.05) is 48.5 Å². The quantitative estimate of drug-likeness (QED) is 0.322. The summed E-state index contributed by atoms with van der Waals surface area (Å²) in [6.45, 7) is 15.8. The number of carbonyl (C=O) groups excluding carboxylic acids is 1. The fourth-order valence-corrected chi connectivity index (χ4v) is 11.5. The smallest absolute Gasteiger partial charge is 0.329 e. The molecule has 0 saturated heterocycles. The van der Waals surface area contributed by atoms with Gasteiger partial charge >= 0.3 is 5.97 Å². The van der Waals surface area contributed by atoms with Crippen molar-refractivity contribution in [1.29, 1.82) is 5.41 Å². The molecule has 0 spiro atoms. The number of anilines is 1. The number of nitrogens with one attached hydrogen (secondary N) is 1. The first kappa shape index (κ1) is 26.1. The molecule has 0 saturated carbocycles. The van der Waals surface area contributed by atoms with Gasteiger partial charge in [0.1, 0.15) is 5.84 Å². The number of benzene rings is 2. The molecule has 1 N–H and O–H groups in total. The topological polar surface area (TPSA) is 65.8 Å². The number of hydrazone groups is 1. The van der Waals surface area contributed by atoms with Crippen LogP contribution in [0.15, 0.2) is 65.8 Å². The van der Waals surface area contributed by atoms with Crippen LogP contribution in [0.25, 0.3) is 0 Å². The van der Waals surface area contributed by atoms with Crippen molar-refractivity contribution in [2.24, 2.45) is 10.5 Å². The van der Waals surface area contributed by atoms with E-state index in [-0.39, 0.29) is 18.4 Å². The molecule has 34 heavy (non-hydrogen) atoms. The van der Waals surface area contributed by atoms with Crippen LogP contribution in [0.1, 0.15) is 54.0 Å². The Kier molecular flexibility index (Phi) is 7.98. The molecule has 182 valence electrons. The Balaban J connectivity index is 2.33. The molecule has 0 aliphatic carbocycles. The molecule has 2 aromatic rings. The molecular formula is C28H39N3O2P+. The predicted octanol–water partition coefficient (Wildman–Crippen LogP) is 6.68. The standard InChI is InChI=1S/C28H39N3O2P/c1-8-33-27(32)28(19-34(20(2)3,21(4)5)22(6)7)25(23-15-11-9-12-16-23)30-31(26(28)29)24-17-13-10-14-18-24/h9-18,20-22,29H,8,19H2,1-7H3/q+1. The van der Waals surface area contributed by atoms with Gasteiger partial charge in [-0.3, -0.25) is 10.2 Å². The van der Waals surface area contributed by atoms with Crippen LogP contribution in [0, 0.1) is 10.8 Å². The van der Waals surface area contributed by atoms with Crippen LogP contribution in [0.4, 0.5) is 5.69 Å². The molecule has 2 aromatic carbocycles. The normalized spacial score (nSPS) is 18.7. The molecule has 0 amide bonds. The van der Waals surface area contributed by atoms with Crippen LogP contribution in [-0.4, -0.2) is 47.3 Å². The fourth-order valence-electron chi connectivity index (χ4n) is 5.59. The van der Waals surface area contributed by atoms with Crippen LogP contribution in [0.2, 0.25) is 0 Å². The first-order valence-corrected chi connectivity index (χ1v) is 14.4. The second-order valence-corrected chi connectivity index (χ2v) is 15.3. The Morgan fingerprint density at radius 3 is 1.91 bits per heavy atom. The zero-order chi connectivity index (χ0) is 25.1. The van der Waals surface area contributed by atoms with Crippen molar-refractivity contribution >= 4 is 30.5 Å². The highest BCUT2D eigenvalue weighted by molar-refractivity contribution is 7.77. The third-order valence-corrected chi connectivity index (χ3v) is 14.1. The van der Waals surface area contributed by atoms with Crippen molar-refractivity contribution in [3.8, 4) is 0 Å². The minimum absolute atomic E-state index is 0.183. The van der Waals surface area contributed by atoms with E-state index in [2.05, 4.69) is 41.5 Å². The van der Waals surface area contributed by atoms with Crippen LogP contribution in [-0.2, 0) is 9.53 Å². The van der Waals surface area contributed by atoms with Gasteiger partial charge in [-0.2, -0.15) is 5.10 Å². The van der Waals surface area contributed by atoms with E-state index in [1.165, 1.54) is 0 Å². The maximum atomic E-state index is 14.0. The first-order chi connectivity index (χ1) is 16.1. The van der Waals surface area contributed by atoms with Gasteiger partial charge in [-0.15, -0.1) is 0 Å². The second kappa shape index (κ2) is 10.4. The first-order valence-electron chi connectivity index (χ1n) is 12.3. The number of esters is 1. The number of hydrogen-bond acceptors (Lipinski definition) is 4. The Morgan fingerprint density at radius 1 is 0.941 bits per heavy atom. The van der Waals surface area contributed by atoms with Crippen molar-refractivity contribution in [2.75, 3.05) is 17.8 Å². The summed E-state index contributed by atoms with van der Waals surface area (Å²) in [5.74, 6) is -0.185. The average molecular weight is 481 g/mol. The summed E-state index contributed by atoms with van der Waals surface area (Å²) >= 11 is 0. The Labute approximate surface area is 205 Å². The lowest BCUT2D eigenvalue weighted by molar-refractivity contribution is -0.147. The molecule has 0 radical (unpaired) electrons. The van der Waals surface area contributed by atoms with Crippen molar-refractivity contribution in [3.05, 3.63) is 66.2 Å². The van der Waals surface area contributed by atoms with Crippen molar-refractivity contribution in [2.45, 2.75) is 65.4 Å². The molecule has 0 aromatic heterocycles. The maximum absolute atomic E-state index is 14.0. The van der Waals surface area contributed by atoms with E-state index in [9.17, 15) is 10.2 Å². The third kappa shape index (κ3) is 4.31. The van der Waals surface area contributed by atoms with Gasteiger partial charge in [0.05, 0.1) is 41.1 Å². The molecule has 1 aliphatic heterocycles. The highest BCUT2D eigenvalue weighted by atomic mass is 31.2. The molecule has 0 fully saturated rings. The second-order valence-electron chi connectivity index (χ2n) is 9.87. The molecule has 6 heteroatoms. The zero-order valence-electron chi connectivity index (χ0n) is 21.6. The monoisotopic (exact) mass is 480 g/mol. The number of rotatable bonds is 9. The summed E-state index contributed by atoms with van der Waals surface area (Å²) in [7, 11) is -1.77. The van der Waals surface area contributed by atoms with Gasteiger partial charge in [0.15, 0.2) is 0 Å². The predicted molar refractivity (Wildman–Crippen MR) is 146 cm³/mol. The van der Waals surface area contributed by atoms with Crippen LogP contribution >= 0.6 is 7.26 Å². The lowest BCUT2D eigenvalue weighted by atomic mass is 9.80. The number of ether oxygens (including phenoxy) is 1. The van der Waals surface area contributed by atoms with Crippen molar-refractivity contribution in [3.63, 3.8) is 0 Å². The van der Waals surface area contributed by atoms with Crippen LogP contribution < -0.4 is 5.01 Å². The van der Waals surface area contributed by atoms with Crippen molar-refractivity contribution in [1.82, 2.24) is 0 Å². The molecule has 1 atom stereocenters. The van der Waals surface area contributed by atoms with Gasteiger partial charge in [-0.25, -0.2) is 5.01 Å². The van der Waals surface area contributed by atoms with E-state index < -0.39 is 12.7 Å². The third-order valence-electron chi connectivity index (χ3n) is 7.29. The highest BCUT2D eigenvalue weighted by Gasteiger charge is 2.64. The summed E-state index contributed by atoms with van der Waals surface area (Å²) in [6, 6.07) is 19.5. The van der Waals surface area contributed by atoms with Crippen molar-refractivity contribution < 1.29 is 9.53 Å². The number of para-hydroxylation sites is 1. The molecule has 5 nitrogen and oxygen atoms in total. The summed E-state index contributed by atoms with van der Waals surface area (Å²) in [5, 5.41) is 16.1. The number of hydrogen-bond donors (Lipinski definition) is 1. The molecule has 1 heterocycles. The zero-order valence-corrected chi connectivity index (χ0v) is 22.5. The van der Waals surface area contributed by atoms with E-state index >= 15 is 0 Å². The fraction of sp³-hybridized carbons (Fsp3) is 0.464. The van der Waals surface area contributed by atoms with E-state index in [0.717, 1.165) is 11.3 Å². The SMILES string of the molecule is CCOC(=O)C1(C[P+](C(C)C)(C(C)C)C(C)C)C(=N)N(c2ccccc2)N=C1c1ccccc1. The van der Waals surface area contributed by atoms with Gasteiger partial charge in [-0.05, 0) is 66.2 Å². The van der Waals surface area contributed by atoms with E-state index in [1.807, 2.05) is 67.6 Å². The van der Waals surface area contributed by atoms with Gasteiger partial charge < -0.3 is 4.74 Å². The molecule has 1 aliphatic rings. The number of carbonyl (C=O) groups is 1. The average Bonchev–Trinajstić information content (AvgIpc) is 3.11. The van der Waals surface area contributed by atoms with Crippen LogP contribution in [0.5, 0.6) is 0 Å². The highest BCUT2D eigenvalue weighted by Crippen LogP contribution is 2.73.